The van der Waals surface area contributed by atoms with Crippen LogP contribution in [-0.4, -0.2) is 24.7 Å². The van der Waals surface area contributed by atoms with Gasteiger partial charge in [-0.3, -0.25) is 4.79 Å². The lowest BCUT2D eigenvalue weighted by molar-refractivity contribution is -0.137. The summed E-state index contributed by atoms with van der Waals surface area (Å²) in [4.78, 5) is 10.0. The normalized spacial score (nSPS) is 10.4. The van der Waals surface area contributed by atoms with Crippen LogP contribution in [-0.2, 0) is 4.79 Å². The summed E-state index contributed by atoms with van der Waals surface area (Å²) in [6.07, 6.45) is 21.7. The van der Waals surface area contributed by atoms with Crippen LogP contribution in [0.2, 0.25) is 0 Å². The topological polar surface area (TPSA) is 49.3 Å². The molecule has 0 aromatic carbocycles. The van der Waals surface area contributed by atoms with Crippen LogP contribution in [0.3, 0.4) is 0 Å². The summed E-state index contributed by atoms with van der Waals surface area (Å²) in [5.41, 5.74) is 0. The minimum absolute atomic E-state index is 0.337. The molecular weight excluding hydrogens is 310 g/mol. The molecule has 0 aromatic rings. The van der Waals surface area contributed by atoms with Crippen LogP contribution in [0.5, 0.6) is 0 Å². The van der Waals surface area contributed by atoms with Gasteiger partial charge in [-0.05, 0) is 26.4 Å². The van der Waals surface area contributed by atoms with E-state index in [1.54, 1.807) is 0 Å². The molecule has 0 rings (SSSR count). The van der Waals surface area contributed by atoms with Gasteiger partial charge in [0.05, 0.1) is 0 Å². The van der Waals surface area contributed by atoms with Gasteiger partial charge in [-0.2, -0.15) is 0 Å². The zero-order valence-electron chi connectivity index (χ0n) is 17.6. The molecule has 0 heterocycles. The first-order valence-corrected chi connectivity index (χ1v) is 11.0. The van der Waals surface area contributed by atoms with Crippen molar-refractivity contribution in [3.63, 3.8) is 0 Å². The summed E-state index contributed by atoms with van der Waals surface area (Å²) in [6, 6.07) is 0. The van der Waals surface area contributed by atoms with Gasteiger partial charge in [0.15, 0.2) is 0 Å². The Kier molecular flexibility index (Phi) is 27.4. The number of carboxylic acids is 1. The van der Waals surface area contributed by atoms with Gasteiger partial charge in [0.1, 0.15) is 0 Å². The zero-order valence-corrected chi connectivity index (χ0v) is 17.6. The van der Waals surface area contributed by atoms with E-state index in [1.165, 1.54) is 96.4 Å². The van der Waals surface area contributed by atoms with E-state index < -0.39 is 5.97 Å². The second-order valence-electron chi connectivity index (χ2n) is 7.20. The molecule has 0 aromatic heterocycles. The Bertz CT molecular complexity index is 232. The van der Waals surface area contributed by atoms with Gasteiger partial charge in [-0.1, -0.05) is 104 Å². The van der Waals surface area contributed by atoms with Gasteiger partial charge in [0.2, 0.25) is 0 Å². The standard InChI is InChI=1S/C14H31N.C8H16O2/c1-3-4-5-6-7-8-9-10-11-12-13-14-15-2;1-2-3-4-5-6-7-8(9)10/h15H,3-14H2,1-2H3;2-7H2,1H3,(H,9,10). The molecule has 0 aliphatic heterocycles. The highest BCUT2D eigenvalue weighted by Gasteiger charge is 1.95. The van der Waals surface area contributed by atoms with Crippen molar-refractivity contribution in [2.75, 3.05) is 13.6 Å². The van der Waals surface area contributed by atoms with E-state index in [-0.39, 0.29) is 0 Å². The molecule has 0 saturated heterocycles. The van der Waals surface area contributed by atoms with Gasteiger partial charge in [0, 0.05) is 6.42 Å². The molecule has 0 saturated carbocycles. The molecule has 0 spiro atoms. The highest BCUT2D eigenvalue weighted by Crippen LogP contribution is 2.10. The van der Waals surface area contributed by atoms with Crippen molar-refractivity contribution in [2.45, 2.75) is 123 Å². The van der Waals surface area contributed by atoms with Crippen molar-refractivity contribution in [3.05, 3.63) is 0 Å². The van der Waals surface area contributed by atoms with Gasteiger partial charge in [-0.25, -0.2) is 0 Å². The lowest BCUT2D eigenvalue weighted by atomic mass is 10.1. The fraction of sp³-hybridized carbons (Fsp3) is 0.955. The first-order valence-electron chi connectivity index (χ1n) is 11.0. The average Bonchev–Trinajstić information content (AvgIpc) is 2.60. The zero-order chi connectivity index (χ0) is 19.0. The largest absolute Gasteiger partial charge is 0.481 e. The van der Waals surface area contributed by atoms with E-state index in [0.717, 1.165) is 12.8 Å². The second-order valence-corrected chi connectivity index (χ2v) is 7.20. The van der Waals surface area contributed by atoms with Crippen LogP contribution in [0, 0.1) is 0 Å². The smallest absolute Gasteiger partial charge is 0.303 e. The van der Waals surface area contributed by atoms with E-state index in [4.69, 9.17) is 5.11 Å². The molecule has 0 bridgehead atoms. The molecule has 3 nitrogen and oxygen atoms in total. The Labute approximate surface area is 158 Å². The molecule has 25 heavy (non-hydrogen) atoms. The predicted octanol–water partition coefficient (Wildman–Crippen LogP) is 6.95. The quantitative estimate of drug-likeness (QED) is 0.261. The number of carbonyl (C=O) groups is 1. The Hall–Kier alpha value is -0.570. The Balaban J connectivity index is 0. The number of rotatable bonds is 18. The fourth-order valence-electron chi connectivity index (χ4n) is 2.85. The number of hydrogen-bond acceptors (Lipinski definition) is 2. The SMILES string of the molecule is CCCCCCCC(=O)O.CCCCCCCCCCCCCNC. The number of aliphatic carboxylic acids is 1. The highest BCUT2D eigenvalue weighted by atomic mass is 16.4. The first-order chi connectivity index (χ1) is 12.2. The molecule has 0 atom stereocenters. The fourth-order valence-corrected chi connectivity index (χ4v) is 2.85. The molecule has 3 heteroatoms. The molecule has 152 valence electrons. The number of hydrogen-bond donors (Lipinski definition) is 2. The Morgan fingerprint density at radius 3 is 1.36 bits per heavy atom. The van der Waals surface area contributed by atoms with Crippen LogP contribution in [0.1, 0.15) is 123 Å². The lowest BCUT2D eigenvalue weighted by Crippen LogP contribution is -2.06. The average molecular weight is 358 g/mol. The Morgan fingerprint density at radius 1 is 0.640 bits per heavy atom. The molecule has 0 fully saturated rings. The summed E-state index contributed by atoms with van der Waals surface area (Å²) < 4.78 is 0. The third-order valence-electron chi connectivity index (χ3n) is 4.52. The predicted molar refractivity (Wildman–Crippen MR) is 111 cm³/mol. The van der Waals surface area contributed by atoms with Crippen molar-refractivity contribution in [2.24, 2.45) is 0 Å². The Morgan fingerprint density at radius 2 is 1.00 bits per heavy atom. The summed E-state index contributed by atoms with van der Waals surface area (Å²) >= 11 is 0. The summed E-state index contributed by atoms with van der Waals surface area (Å²) in [5, 5.41) is 11.5. The molecule has 2 N–H and O–H groups in total. The third kappa shape index (κ3) is 31.7. The van der Waals surface area contributed by atoms with Crippen LogP contribution in [0.25, 0.3) is 0 Å². The van der Waals surface area contributed by atoms with Crippen LogP contribution in [0.4, 0.5) is 0 Å². The summed E-state index contributed by atoms with van der Waals surface area (Å²) in [5.74, 6) is -0.670. The van der Waals surface area contributed by atoms with E-state index in [9.17, 15) is 4.79 Å². The van der Waals surface area contributed by atoms with Crippen LogP contribution >= 0.6 is 0 Å². The molecule has 0 unspecified atom stereocenters. The van der Waals surface area contributed by atoms with Crippen molar-refractivity contribution in [1.29, 1.82) is 0 Å². The summed E-state index contributed by atoms with van der Waals surface area (Å²) in [6.45, 7) is 5.62. The maximum atomic E-state index is 10.0. The summed E-state index contributed by atoms with van der Waals surface area (Å²) in [7, 11) is 2.04. The van der Waals surface area contributed by atoms with Gasteiger partial charge < -0.3 is 10.4 Å². The first kappa shape index (κ1) is 26.7. The molecule has 0 radical (unpaired) electrons. The molecule has 0 amide bonds. The van der Waals surface area contributed by atoms with E-state index in [2.05, 4.69) is 19.2 Å². The lowest BCUT2D eigenvalue weighted by Gasteiger charge is -2.02. The van der Waals surface area contributed by atoms with Crippen LogP contribution < -0.4 is 5.32 Å². The minimum Gasteiger partial charge on any atom is -0.481 e. The van der Waals surface area contributed by atoms with Gasteiger partial charge in [0.25, 0.3) is 0 Å². The number of nitrogens with one attached hydrogen (secondary N) is 1. The van der Waals surface area contributed by atoms with E-state index in [1.807, 2.05) is 7.05 Å². The van der Waals surface area contributed by atoms with Crippen molar-refractivity contribution < 1.29 is 9.90 Å². The van der Waals surface area contributed by atoms with Crippen molar-refractivity contribution in [1.82, 2.24) is 5.32 Å². The second kappa shape index (κ2) is 25.7. The number of carboxylic acid groups (broad SMARTS) is 1. The highest BCUT2D eigenvalue weighted by molar-refractivity contribution is 5.66. The van der Waals surface area contributed by atoms with Crippen LogP contribution in [0.15, 0.2) is 0 Å². The molecule has 0 aliphatic rings. The molecule has 0 aliphatic carbocycles. The molecular formula is C22H47NO2. The maximum absolute atomic E-state index is 10.0. The van der Waals surface area contributed by atoms with E-state index in [0.29, 0.717) is 6.42 Å². The monoisotopic (exact) mass is 357 g/mol. The van der Waals surface area contributed by atoms with Crippen molar-refractivity contribution >= 4 is 5.97 Å². The van der Waals surface area contributed by atoms with Crippen molar-refractivity contribution in [3.8, 4) is 0 Å². The van der Waals surface area contributed by atoms with Gasteiger partial charge >= 0.3 is 5.97 Å². The van der Waals surface area contributed by atoms with E-state index >= 15 is 0 Å². The number of unbranched alkanes of at least 4 members (excludes halogenated alkanes) is 14. The third-order valence-corrected chi connectivity index (χ3v) is 4.52. The van der Waals surface area contributed by atoms with Gasteiger partial charge in [-0.15, -0.1) is 0 Å². The maximum Gasteiger partial charge on any atom is 0.303 e. The minimum atomic E-state index is -0.670.